The molecule has 0 saturated carbocycles. The molecule has 0 aliphatic carbocycles. The molecule has 0 aromatic carbocycles. The van der Waals surface area contributed by atoms with E-state index in [0.29, 0.717) is 0 Å². The summed E-state index contributed by atoms with van der Waals surface area (Å²) in [6, 6.07) is 1.93. The molecule has 0 N–H and O–H groups in total. The summed E-state index contributed by atoms with van der Waals surface area (Å²) in [6.07, 6.45) is 1.67. The Hall–Kier alpha value is -0.570. The Kier molecular flexibility index (Phi) is 1.71. The average Bonchev–Trinajstić information content (AvgIpc) is 2.10. The van der Waals surface area contributed by atoms with Crippen LogP contribution in [0.5, 0.6) is 0 Å². The first-order valence-electron chi connectivity index (χ1n) is 2.58. The van der Waals surface area contributed by atoms with Crippen molar-refractivity contribution in [3.05, 3.63) is 22.9 Å². The van der Waals surface area contributed by atoms with Gasteiger partial charge in [0.05, 0.1) is 0 Å². The smallest absolute Gasteiger partial charge is 0.128 e. The summed E-state index contributed by atoms with van der Waals surface area (Å²) in [4.78, 5) is 0. The number of rotatable bonds is 1. The highest BCUT2D eigenvalue weighted by molar-refractivity contribution is 9.10. The normalized spacial score (nSPS) is 9.56. The largest absolute Gasteiger partial charge is 0.245 e. The van der Waals surface area contributed by atoms with Crippen molar-refractivity contribution in [3.8, 4) is 0 Å². The molecule has 1 aromatic heterocycles. The predicted octanol–water partition coefficient (Wildman–Crippen LogP) is 2.05. The number of aryl methyl sites for hydroxylation is 1. The van der Waals surface area contributed by atoms with Crippen LogP contribution in [0.3, 0.4) is 0 Å². The molecule has 9 heavy (non-hydrogen) atoms. The minimum Gasteiger partial charge on any atom is -0.245 e. The maximum atomic E-state index is 4.04. The number of nitrogens with zero attached hydrogens (tertiary/aromatic N) is 2. The Morgan fingerprint density at radius 2 is 2.56 bits per heavy atom. The molecule has 1 aromatic rings. The van der Waals surface area contributed by atoms with E-state index in [9.17, 15) is 0 Å². The van der Waals surface area contributed by atoms with E-state index in [1.807, 2.05) is 13.0 Å². The lowest BCUT2D eigenvalue weighted by Crippen LogP contribution is -1.88. The molecule has 0 aliphatic rings. The summed E-state index contributed by atoms with van der Waals surface area (Å²) in [7, 11) is 0. The number of hydrogen-bond donors (Lipinski definition) is 0. The van der Waals surface area contributed by atoms with E-state index in [0.717, 1.165) is 10.3 Å². The zero-order valence-corrected chi connectivity index (χ0v) is 6.72. The van der Waals surface area contributed by atoms with Crippen molar-refractivity contribution in [1.29, 1.82) is 0 Å². The fourth-order valence-corrected chi connectivity index (χ4v) is 1.14. The van der Waals surface area contributed by atoms with Gasteiger partial charge in [-0.3, -0.25) is 0 Å². The molecule has 0 aliphatic heterocycles. The van der Waals surface area contributed by atoms with E-state index in [4.69, 9.17) is 0 Å². The molecule has 48 valence electrons. The van der Waals surface area contributed by atoms with Crippen LogP contribution in [0, 0.1) is 6.92 Å². The van der Waals surface area contributed by atoms with Crippen LogP contribution in [0.2, 0.25) is 0 Å². The van der Waals surface area contributed by atoms with Crippen LogP contribution in [0.25, 0.3) is 6.20 Å². The molecule has 2 nitrogen and oxygen atoms in total. The van der Waals surface area contributed by atoms with Gasteiger partial charge in [-0.2, -0.15) is 5.10 Å². The zero-order valence-electron chi connectivity index (χ0n) is 5.13. The number of aromatic nitrogens is 2. The fourth-order valence-electron chi connectivity index (χ4n) is 0.634. The van der Waals surface area contributed by atoms with Crippen LogP contribution in [0.4, 0.5) is 0 Å². The quantitative estimate of drug-likeness (QED) is 0.657. The average molecular weight is 187 g/mol. The van der Waals surface area contributed by atoms with E-state index < -0.39 is 0 Å². The molecular weight excluding hydrogens is 180 g/mol. The molecule has 0 amide bonds. The molecule has 0 saturated heterocycles. The van der Waals surface area contributed by atoms with Crippen molar-refractivity contribution < 1.29 is 0 Å². The third-order valence-corrected chi connectivity index (χ3v) is 1.45. The Balaban J connectivity index is 3.15. The highest BCUT2D eigenvalue weighted by Crippen LogP contribution is 2.08. The van der Waals surface area contributed by atoms with Crippen LogP contribution in [0.1, 0.15) is 5.69 Å². The molecular formula is C6H7BrN2. The maximum Gasteiger partial charge on any atom is 0.128 e. The summed E-state index contributed by atoms with van der Waals surface area (Å²) >= 11 is 3.24. The molecule has 3 heteroatoms. The van der Waals surface area contributed by atoms with Gasteiger partial charge in [0.1, 0.15) is 4.60 Å². The minimum atomic E-state index is 0.847. The lowest BCUT2D eigenvalue weighted by Gasteiger charge is -1.89. The first-order valence-corrected chi connectivity index (χ1v) is 3.37. The van der Waals surface area contributed by atoms with Crippen LogP contribution in [-0.4, -0.2) is 9.78 Å². The lowest BCUT2D eigenvalue weighted by atomic mass is 10.5. The molecule has 1 rings (SSSR count). The SMILES string of the molecule is C=Cn1nc(Br)cc1C. The maximum absolute atomic E-state index is 4.04. The summed E-state index contributed by atoms with van der Waals surface area (Å²) in [6.45, 7) is 5.56. The standard InChI is InChI=1S/C6H7BrN2/c1-3-9-5(2)4-6(7)8-9/h3-4H,1H2,2H3. The Labute approximate surface area is 62.3 Å². The third-order valence-electron chi connectivity index (χ3n) is 1.07. The van der Waals surface area contributed by atoms with Crippen LogP contribution >= 0.6 is 15.9 Å². The second-order valence-corrected chi connectivity index (χ2v) is 2.55. The summed E-state index contributed by atoms with van der Waals surface area (Å²) < 4.78 is 2.56. The summed E-state index contributed by atoms with van der Waals surface area (Å²) in [5.41, 5.74) is 1.08. The van der Waals surface area contributed by atoms with Crippen molar-refractivity contribution in [3.63, 3.8) is 0 Å². The highest BCUT2D eigenvalue weighted by atomic mass is 79.9. The first-order chi connectivity index (χ1) is 4.24. The monoisotopic (exact) mass is 186 g/mol. The molecule has 0 radical (unpaired) electrons. The minimum absolute atomic E-state index is 0.847. The van der Waals surface area contributed by atoms with Gasteiger partial charge >= 0.3 is 0 Å². The molecule has 0 spiro atoms. The van der Waals surface area contributed by atoms with Gasteiger partial charge in [-0.25, -0.2) is 4.68 Å². The van der Waals surface area contributed by atoms with Gasteiger partial charge in [0, 0.05) is 11.9 Å². The Bertz CT molecular complexity index is 227. The molecule has 0 atom stereocenters. The zero-order chi connectivity index (χ0) is 6.85. The van der Waals surface area contributed by atoms with E-state index in [2.05, 4.69) is 27.6 Å². The highest BCUT2D eigenvalue weighted by Gasteiger charge is 1.95. The van der Waals surface area contributed by atoms with E-state index >= 15 is 0 Å². The lowest BCUT2D eigenvalue weighted by molar-refractivity contribution is 0.890. The third kappa shape index (κ3) is 1.21. The van der Waals surface area contributed by atoms with Crippen LogP contribution in [-0.2, 0) is 0 Å². The van der Waals surface area contributed by atoms with Crippen molar-refractivity contribution in [2.24, 2.45) is 0 Å². The number of hydrogen-bond acceptors (Lipinski definition) is 1. The van der Waals surface area contributed by atoms with Gasteiger partial charge < -0.3 is 0 Å². The molecule has 0 bridgehead atoms. The number of halogens is 1. The van der Waals surface area contributed by atoms with Crippen LogP contribution < -0.4 is 0 Å². The first kappa shape index (κ1) is 6.55. The van der Waals surface area contributed by atoms with Crippen molar-refractivity contribution in [1.82, 2.24) is 9.78 Å². The van der Waals surface area contributed by atoms with Gasteiger partial charge in [0.2, 0.25) is 0 Å². The second-order valence-electron chi connectivity index (χ2n) is 1.74. The van der Waals surface area contributed by atoms with Crippen LogP contribution in [0.15, 0.2) is 17.2 Å². The van der Waals surface area contributed by atoms with Crippen molar-refractivity contribution in [2.45, 2.75) is 6.92 Å². The summed E-state index contributed by atoms with van der Waals surface area (Å²) in [5, 5.41) is 4.04. The fraction of sp³-hybridized carbons (Fsp3) is 0.167. The van der Waals surface area contributed by atoms with E-state index in [1.165, 1.54) is 0 Å². The Morgan fingerprint density at radius 1 is 1.89 bits per heavy atom. The predicted molar refractivity (Wildman–Crippen MR) is 41.1 cm³/mol. The molecule has 0 fully saturated rings. The van der Waals surface area contributed by atoms with Gasteiger partial charge in [-0.15, -0.1) is 0 Å². The van der Waals surface area contributed by atoms with Gasteiger partial charge in [-0.05, 0) is 28.9 Å². The van der Waals surface area contributed by atoms with Crippen molar-refractivity contribution in [2.75, 3.05) is 0 Å². The summed E-state index contributed by atoms with van der Waals surface area (Å²) in [5.74, 6) is 0. The van der Waals surface area contributed by atoms with E-state index in [1.54, 1.807) is 10.9 Å². The van der Waals surface area contributed by atoms with Gasteiger partial charge in [0.25, 0.3) is 0 Å². The Morgan fingerprint density at radius 3 is 2.78 bits per heavy atom. The van der Waals surface area contributed by atoms with Gasteiger partial charge in [0.15, 0.2) is 0 Å². The van der Waals surface area contributed by atoms with Crippen molar-refractivity contribution >= 4 is 22.1 Å². The van der Waals surface area contributed by atoms with Gasteiger partial charge in [-0.1, -0.05) is 6.58 Å². The molecule has 1 heterocycles. The second kappa shape index (κ2) is 2.35. The molecule has 0 unspecified atom stereocenters. The topological polar surface area (TPSA) is 17.8 Å². The van der Waals surface area contributed by atoms with E-state index in [-0.39, 0.29) is 0 Å².